The van der Waals surface area contributed by atoms with Gasteiger partial charge in [0, 0.05) is 24.0 Å². The summed E-state index contributed by atoms with van der Waals surface area (Å²) < 4.78 is 27.4. The molecule has 5 heteroatoms. The summed E-state index contributed by atoms with van der Waals surface area (Å²) in [5.74, 6) is 0.0152. The van der Waals surface area contributed by atoms with E-state index in [0.29, 0.717) is 12.1 Å². The van der Waals surface area contributed by atoms with Crippen LogP contribution in [0.3, 0.4) is 0 Å². The Kier molecular flexibility index (Phi) is 4.01. The van der Waals surface area contributed by atoms with Gasteiger partial charge in [-0.1, -0.05) is 36.4 Å². The predicted molar refractivity (Wildman–Crippen MR) is 100 cm³/mol. The number of nitrogens with zero attached hydrogens (tertiary/aromatic N) is 1. The van der Waals surface area contributed by atoms with Crippen LogP contribution in [-0.2, 0) is 22.9 Å². The third-order valence-corrected chi connectivity index (χ3v) is 5.71. The highest BCUT2D eigenvalue weighted by Crippen LogP contribution is 2.37. The maximum atomic E-state index is 12.4. The Morgan fingerprint density at radius 3 is 2.56 bits per heavy atom. The van der Waals surface area contributed by atoms with Gasteiger partial charge < -0.3 is 0 Å². The number of fused-ring (bicyclic) bond motifs is 3. The van der Waals surface area contributed by atoms with Crippen LogP contribution < -0.4 is 4.72 Å². The Balaban J connectivity index is 1.49. The van der Waals surface area contributed by atoms with Gasteiger partial charge in [0.1, 0.15) is 0 Å². The molecule has 1 aliphatic rings. The zero-order valence-electron chi connectivity index (χ0n) is 13.6. The molecule has 1 N–H and O–H groups in total. The molecule has 0 saturated carbocycles. The third kappa shape index (κ3) is 3.42. The topological polar surface area (TPSA) is 59.1 Å². The molecule has 0 radical (unpaired) electrons. The first kappa shape index (κ1) is 15.8. The summed E-state index contributed by atoms with van der Waals surface area (Å²) in [6.45, 7) is 0. The number of rotatable bonds is 5. The van der Waals surface area contributed by atoms with Gasteiger partial charge >= 0.3 is 0 Å². The minimum atomic E-state index is -3.41. The van der Waals surface area contributed by atoms with Crippen molar-refractivity contribution in [3.63, 3.8) is 0 Å². The van der Waals surface area contributed by atoms with Gasteiger partial charge in [-0.05, 0) is 52.9 Å². The largest absolute Gasteiger partial charge is 0.284 e. The fourth-order valence-electron chi connectivity index (χ4n) is 3.22. The summed E-state index contributed by atoms with van der Waals surface area (Å²) in [6, 6.07) is 19.6. The first-order valence-corrected chi connectivity index (χ1v) is 9.87. The Morgan fingerprint density at radius 2 is 1.72 bits per heavy atom. The number of benzene rings is 2. The number of pyridine rings is 1. The maximum absolute atomic E-state index is 12.4. The zero-order valence-corrected chi connectivity index (χ0v) is 14.5. The lowest BCUT2D eigenvalue weighted by molar-refractivity contribution is 0.600. The van der Waals surface area contributed by atoms with Crippen molar-refractivity contribution in [3.8, 4) is 11.1 Å². The lowest BCUT2D eigenvalue weighted by Crippen LogP contribution is -2.18. The van der Waals surface area contributed by atoms with Gasteiger partial charge in [-0.25, -0.2) is 8.42 Å². The number of aromatic nitrogens is 1. The molecule has 25 heavy (non-hydrogen) atoms. The van der Waals surface area contributed by atoms with E-state index in [-0.39, 0.29) is 5.75 Å². The summed E-state index contributed by atoms with van der Waals surface area (Å²) >= 11 is 0. The average Bonchev–Trinajstić information content (AvgIpc) is 2.98. The smallest absolute Gasteiger partial charge is 0.233 e. The number of anilines is 1. The van der Waals surface area contributed by atoms with E-state index in [1.54, 1.807) is 6.20 Å². The van der Waals surface area contributed by atoms with Gasteiger partial charge in [0.15, 0.2) is 0 Å². The van der Waals surface area contributed by atoms with Crippen LogP contribution in [0.15, 0.2) is 66.9 Å². The number of hydrogen-bond donors (Lipinski definition) is 1. The van der Waals surface area contributed by atoms with Crippen molar-refractivity contribution in [1.29, 1.82) is 0 Å². The molecule has 0 atom stereocenters. The van der Waals surface area contributed by atoms with Crippen molar-refractivity contribution >= 4 is 15.7 Å². The van der Waals surface area contributed by atoms with Crippen molar-refractivity contribution in [2.24, 2.45) is 0 Å². The second kappa shape index (κ2) is 6.33. The molecule has 0 saturated heterocycles. The van der Waals surface area contributed by atoms with Crippen molar-refractivity contribution in [2.75, 3.05) is 10.5 Å². The molecule has 1 aliphatic carbocycles. The SMILES string of the molecule is O=S(=O)(CCc1ccccn1)Nc1ccc2c(c1)Cc1ccccc1-2. The molecule has 1 aromatic heterocycles. The fourth-order valence-corrected chi connectivity index (χ4v) is 4.29. The first-order valence-electron chi connectivity index (χ1n) is 8.22. The van der Waals surface area contributed by atoms with Crippen LogP contribution >= 0.6 is 0 Å². The van der Waals surface area contributed by atoms with Gasteiger partial charge in [-0.2, -0.15) is 0 Å². The van der Waals surface area contributed by atoms with Crippen LogP contribution in [-0.4, -0.2) is 19.2 Å². The molecule has 0 spiro atoms. The minimum Gasteiger partial charge on any atom is -0.284 e. The summed E-state index contributed by atoms with van der Waals surface area (Å²) in [5.41, 5.74) is 6.26. The average molecular weight is 350 g/mol. The standard InChI is InChI=1S/C20H18N2O2S/c23-25(24,12-10-17-6-3-4-11-21-17)22-18-8-9-20-16(14-18)13-15-5-1-2-7-19(15)20/h1-9,11,14,22H,10,12-13H2. The molecule has 0 bridgehead atoms. The third-order valence-electron chi connectivity index (χ3n) is 4.42. The van der Waals surface area contributed by atoms with Gasteiger partial charge in [-0.15, -0.1) is 0 Å². The highest BCUT2D eigenvalue weighted by Gasteiger charge is 2.19. The highest BCUT2D eigenvalue weighted by molar-refractivity contribution is 7.92. The van der Waals surface area contributed by atoms with Gasteiger partial charge in [0.25, 0.3) is 0 Å². The van der Waals surface area contributed by atoms with Crippen LogP contribution in [0.5, 0.6) is 0 Å². The van der Waals surface area contributed by atoms with Crippen LogP contribution in [0.1, 0.15) is 16.8 Å². The summed E-state index contributed by atoms with van der Waals surface area (Å²) in [6.07, 6.45) is 2.91. The van der Waals surface area contributed by atoms with Crippen LogP contribution in [0.2, 0.25) is 0 Å². The summed E-state index contributed by atoms with van der Waals surface area (Å²) in [4.78, 5) is 4.17. The number of sulfonamides is 1. The van der Waals surface area contributed by atoms with Crippen molar-refractivity contribution in [1.82, 2.24) is 4.98 Å². The van der Waals surface area contributed by atoms with Crippen molar-refractivity contribution in [2.45, 2.75) is 12.8 Å². The summed E-state index contributed by atoms with van der Waals surface area (Å²) in [7, 11) is -3.41. The Hall–Kier alpha value is -2.66. The summed E-state index contributed by atoms with van der Waals surface area (Å²) in [5, 5.41) is 0. The van der Waals surface area contributed by atoms with Crippen LogP contribution in [0.25, 0.3) is 11.1 Å². The molecule has 2 aromatic carbocycles. The van der Waals surface area contributed by atoms with Crippen molar-refractivity contribution in [3.05, 3.63) is 83.7 Å². The molecular weight excluding hydrogens is 332 g/mol. The molecular formula is C20H18N2O2S. The molecule has 1 heterocycles. The van der Waals surface area contributed by atoms with E-state index in [4.69, 9.17) is 0 Å². The lowest BCUT2D eigenvalue weighted by atomic mass is 10.1. The number of hydrogen-bond acceptors (Lipinski definition) is 3. The zero-order chi connectivity index (χ0) is 17.3. The second-order valence-electron chi connectivity index (χ2n) is 6.20. The molecule has 0 unspecified atom stereocenters. The predicted octanol–water partition coefficient (Wildman–Crippen LogP) is 3.64. The van der Waals surface area contributed by atoms with Crippen LogP contribution in [0, 0.1) is 0 Å². The molecule has 0 fully saturated rings. The van der Waals surface area contributed by atoms with E-state index in [1.165, 1.54) is 16.7 Å². The molecule has 126 valence electrons. The first-order chi connectivity index (χ1) is 12.1. The van der Waals surface area contributed by atoms with E-state index in [2.05, 4.69) is 21.8 Å². The molecule has 4 rings (SSSR count). The van der Waals surface area contributed by atoms with E-state index in [1.807, 2.05) is 48.5 Å². The fraction of sp³-hybridized carbons (Fsp3) is 0.150. The lowest BCUT2D eigenvalue weighted by Gasteiger charge is -2.09. The monoisotopic (exact) mass is 350 g/mol. The normalized spacial score (nSPS) is 12.5. The minimum absolute atomic E-state index is 0.0152. The van der Waals surface area contributed by atoms with Crippen molar-refractivity contribution < 1.29 is 8.42 Å². The molecule has 3 aromatic rings. The van der Waals surface area contributed by atoms with Gasteiger partial charge in [-0.3, -0.25) is 9.71 Å². The Morgan fingerprint density at radius 1 is 0.920 bits per heavy atom. The second-order valence-corrected chi connectivity index (χ2v) is 8.04. The number of nitrogens with one attached hydrogen (secondary N) is 1. The Bertz CT molecular complexity index is 1010. The quantitative estimate of drug-likeness (QED) is 0.598. The van der Waals surface area contributed by atoms with E-state index >= 15 is 0 Å². The number of aryl methyl sites for hydroxylation is 1. The van der Waals surface area contributed by atoms with Gasteiger partial charge in [0.05, 0.1) is 5.75 Å². The Labute approximate surface area is 147 Å². The van der Waals surface area contributed by atoms with Gasteiger partial charge in [0.2, 0.25) is 10.0 Å². The molecule has 0 aliphatic heterocycles. The van der Waals surface area contributed by atoms with E-state index in [0.717, 1.165) is 17.7 Å². The van der Waals surface area contributed by atoms with Crippen LogP contribution in [0.4, 0.5) is 5.69 Å². The molecule has 4 nitrogen and oxygen atoms in total. The highest BCUT2D eigenvalue weighted by atomic mass is 32.2. The van der Waals surface area contributed by atoms with E-state index < -0.39 is 10.0 Å². The molecule has 0 amide bonds. The van der Waals surface area contributed by atoms with E-state index in [9.17, 15) is 8.42 Å². The maximum Gasteiger partial charge on any atom is 0.233 e.